The number of carboxylic acid groups (broad SMARTS) is 1. The topological polar surface area (TPSA) is 92.6 Å². The van der Waals surface area contributed by atoms with Gasteiger partial charge in [0.2, 0.25) is 5.88 Å². The van der Waals surface area contributed by atoms with Gasteiger partial charge in [0.1, 0.15) is 11.8 Å². The maximum absolute atomic E-state index is 12.2. The summed E-state index contributed by atoms with van der Waals surface area (Å²) in [5, 5.41) is 11.7. The molecule has 0 saturated carbocycles. The number of aliphatic carboxylic acids is 1. The van der Waals surface area contributed by atoms with Gasteiger partial charge in [-0.15, -0.1) is 0 Å². The quantitative estimate of drug-likeness (QED) is 0.485. The smallest absolute Gasteiger partial charge is 0.326 e. The second-order valence-corrected chi connectivity index (χ2v) is 9.06. The van der Waals surface area contributed by atoms with E-state index in [1.165, 1.54) is 0 Å². The first kappa shape index (κ1) is 23.4. The number of pyridine rings is 2. The van der Waals surface area contributed by atoms with Gasteiger partial charge in [-0.25, -0.2) is 9.78 Å². The molecule has 2 heterocycles. The van der Waals surface area contributed by atoms with E-state index in [9.17, 15) is 14.7 Å². The number of nitrogens with zero attached hydrogens (tertiary/aromatic N) is 3. The van der Waals surface area contributed by atoms with Gasteiger partial charge in [-0.3, -0.25) is 9.78 Å². The van der Waals surface area contributed by atoms with Crippen molar-refractivity contribution in [2.24, 2.45) is 5.41 Å². The molecule has 176 valence electrons. The van der Waals surface area contributed by atoms with Crippen LogP contribution >= 0.6 is 0 Å². The molecular weight excluding hydrogens is 430 g/mol. The van der Waals surface area contributed by atoms with Crippen molar-refractivity contribution in [3.63, 3.8) is 0 Å². The second-order valence-electron chi connectivity index (χ2n) is 9.06. The third-order valence-electron chi connectivity index (χ3n) is 6.55. The molecule has 0 bridgehead atoms. The van der Waals surface area contributed by atoms with Crippen molar-refractivity contribution in [2.75, 3.05) is 7.05 Å². The van der Waals surface area contributed by atoms with Crippen molar-refractivity contribution in [3.05, 3.63) is 71.8 Å². The number of hydrogen-bond donors (Lipinski definition) is 1. The summed E-state index contributed by atoms with van der Waals surface area (Å²) in [5.41, 5.74) is 1.89. The number of carboxylic acids is 1. The van der Waals surface area contributed by atoms with Gasteiger partial charge in [0.05, 0.1) is 10.8 Å². The average Bonchev–Trinajstić information content (AvgIpc) is 2.81. The van der Waals surface area contributed by atoms with E-state index in [4.69, 9.17) is 4.74 Å². The van der Waals surface area contributed by atoms with Gasteiger partial charge < -0.3 is 14.7 Å². The highest BCUT2D eigenvalue weighted by molar-refractivity contribution is 6.04. The maximum atomic E-state index is 12.2. The summed E-state index contributed by atoms with van der Waals surface area (Å²) >= 11 is 0. The van der Waals surface area contributed by atoms with Crippen LogP contribution in [-0.2, 0) is 16.0 Å². The van der Waals surface area contributed by atoms with Crippen LogP contribution in [0.2, 0.25) is 0 Å². The van der Waals surface area contributed by atoms with Crippen molar-refractivity contribution in [1.29, 1.82) is 0 Å². The molecule has 1 aromatic carbocycles. The minimum absolute atomic E-state index is 0.0642. The van der Waals surface area contributed by atoms with E-state index in [2.05, 4.69) is 9.97 Å². The summed E-state index contributed by atoms with van der Waals surface area (Å²) < 4.78 is 6.03. The molecule has 7 nitrogen and oxygen atoms in total. The Kier molecular flexibility index (Phi) is 6.37. The van der Waals surface area contributed by atoms with E-state index >= 15 is 0 Å². The lowest BCUT2D eigenvalue weighted by atomic mass is 9.69. The van der Waals surface area contributed by atoms with Crippen LogP contribution in [0.25, 0.3) is 10.8 Å². The Hall–Kier alpha value is -3.74. The number of ketones is 1. The van der Waals surface area contributed by atoms with E-state index in [1.54, 1.807) is 30.4 Å². The molecule has 1 aliphatic carbocycles. The van der Waals surface area contributed by atoms with E-state index < -0.39 is 17.4 Å². The normalized spacial score (nSPS) is 18.2. The molecule has 7 heteroatoms. The van der Waals surface area contributed by atoms with Crippen LogP contribution in [-0.4, -0.2) is 44.8 Å². The minimum Gasteiger partial charge on any atom is -0.480 e. The number of likely N-dealkylation sites (N-methyl/N-ethyl adjacent to an activating group) is 1. The molecule has 2 atom stereocenters. The molecule has 34 heavy (non-hydrogen) atoms. The summed E-state index contributed by atoms with van der Waals surface area (Å²) in [5.74, 6) is 0.227. The SMILES string of the molecule is CCC[C@@]1(C)C(=O)C=C1N(C)[C@@H](Cc1ccc(Oc2nc(C)cc3ccncc23)cc1)C(=O)O. The van der Waals surface area contributed by atoms with Crippen LogP contribution in [0.3, 0.4) is 0 Å². The molecule has 0 amide bonds. The van der Waals surface area contributed by atoms with Crippen LogP contribution in [0.15, 0.2) is 60.6 Å². The standard InChI is InChI=1S/C27H29N3O4/c1-5-11-27(3)23(15-24(27)31)30(4)22(26(32)33)14-18-6-8-20(9-7-18)34-25-21-16-28-12-10-19(21)13-17(2)29-25/h6-10,12-13,15-16,22H,5,11,14H2,1-4H3,(H,32,33)/t22-,27+/m0/s1. The van der Waals surface area contributed by atoms with Crippen LogP contribution < -0.4 is 4.74 Å². The molecule has 4 rings (SSSR count). The van der Waals surface area contributed by atoms with Crippen LogP contribution in [0.5, 0.6) is 11.6 Å². The van der Waals surface area contributed by atoms with Gasteiger partial charge in [-0.1, -0.05) is 25.5 Å². The zero-order valence-electron chi connectivity index (χ0n) is 19.9. The van der Waals surface area contributed by atoms with E-state index in [-0.39, 0.29) is 5.78 Å². The summed E-state index contributed by atoms with van der Waals surface area (Å²) in [6.45, 7) is 5.83. The number of hydrogen-bond acceptors (Lipinski definition) is 6. The number of ether oxygens (including phenoxy) is 1. The van der Waals surface area contributed by atoms with Crippen LogP contribution in [0, 0.1) is 12.3 Å². The second kappa shape index (κ2) is 9.25. The zero-order chi connectivity index (χ0) is 24.5. The van der Waals surface area contributed by atoms with Gasteiger partial charge in [-0.05, 0) is 55.5 Å². The predicted octanol–water partition coefficient (Wildman–Crippen LogP) is 4.93. The van der Waals surface area contributed by atoms with E-state index in [0.717, 1.165) is 34.1 Å². The number of aromatic nitrogens is 2. The lowest BCUT2D eigenvalue weighted by Gasteiger charge is -2.44. The molecular formula is C27H29N3O4. The highest BCUT2D eigenvalue weighted by Crippen LogP contribution is 2.43. The van der Waals surface area contributed by atoms with Gasteiger partial charge in [0.25, 0.3) is 0 Å². The van der Waals surface area contributed by atoms with Crippen molar-refractivity contribution in [2.45, 2.75) is 46.1 Å². The molecule has 0 fully saturated rings. The number of carbonyl (C=O) groups is 2. The molecule has 0 radical (unpaired) electrons. The minimum atomic E-state index is -0.926. The lowest BCUT2D eigenvalue weighted by Crippen LogP contribution is -2.50. The number of carbonyl (C=O) groups excluding carboxylic acids is 1. The molecule has 2 aromatic heterocycles. The molecule has 0 unspecified atom stereocenters. The molecule has 0 spiro atoms. The maximum Gasteiger partial charge on any atom is 0.326 e. The molecule has 3 aromatic rings. The molecule has 0 aliphatic heterocycles. The van der Waals surface area contributed by atoms with Crippen LogP contribution in [0.1, 0.15) is 37.9 Å². The number of aryl methyl sites for hydroxylation is 1. The summed E-state index contributed by atoms with van der Waals surface area (Å²) in [6.07, 6.45) is 6.89. The first-order valence-electron chi connectivity index (χ1n) is 11.4. The number of allylic oxidation sites excluding steroid dienone is 2. The predicted molar refractivity (Wildman–Crippen MR) is 130 cm³/mol. The third-order valence-corrected chi connectivity index (χ3v) is 6.55. The third kappa shape index (κ3) is 4.38. The Morgan fingerprint density at radius 3 is 2.62 bits per heavy atom. The monoisotopic (exact) mass is 459 g/mol. The summed E-state index contributed by atoms with van der Waals surface area (Å²) in [4.78, 5) is 34.7. The van der Waals surface area contributed by atoms with Gasteiger partial charge in [0, 0.05) is 43.3 Å². The van der Waals surface area contributed by atoms with E-state index in [0.29, 0.717) is 24.5 Å². The highest BCUT2D eigenvalue weighted by Gasteiger charge is 2.46. The lowest BCUT2D eigenvalue weighted by molar-refractivity contribution is -0.143. The molecule has 0 saturated heterocycles. The van der Waals surface area contributed by atoms with Crippen molar-refractivity contribution in [1.82, 2.24) is 14.9 Å². The largest absolute Gasteiger partial charge is 0.480 e. The molecule has 1 aliphatic rings. The molecule has 1 N–H and O–H groups in total. The Balaban J connectivity index is 1.51. The van der Waals surface area contributed by atoms with Gasteiger partial charge >= 0.3 is 5.97 Å². The first-order chi connectivity index (χ1) is 16.2. The van der Waals surface area contributed by atoms with Crippen molar-refractivity contribution in [3.8, 4) is 11.6 Å². The fourth-order valence-corrected chi connectivity index (χ4v) is 4.59. The fraction of sp³-hybridized carbons (Fsp3) is 0.333. The van der Waals surface area contributed by atoms with Crippen molar-refractivity contribution >= 4 is 22.5 Å². The number of fused-ring (bicyclic) bond motifs is 1. The van der Waals surface area contributed by atoms with Gasteiger partial charge in [0.15, 0.2) is 5.78 Å². The summed E-state index contributed by atoms with van der Waals surface area (Å²) in [6, 6.07) is 10.5. The number of benzene rings is 1. The average molecular weight is 460 g/mol. The Morgan fingerprint density at radius 2 is 1.97 bits per heavy atom. The summed E-state index contributed by atoms with van der Waals surface area (Å²) in [7, 11) is 1.75. The first-order valence-corrected chi connectivity index (χ1v) is 11.4. The fourth-order valence-electron chi connectivity index (χ4n) is 4.59. The zero-order valence-corrected chi connectivity index (χ0v) is 19.9. The Labute approximate surface area is 199 Å². The highest BCUT2D eigenvalue weighted by atomic mass is 16.5. The van der Waals surface area contributed by atoms with Crippen molar-refractivity contribution < 1.29 is 19.4 Å². The number of rotatable bonds is 9. The Morgan fingerprint density at radius 1 is 1.24 bits per heavy atom. The van der Waals surface area contributed by atoms with E-state index in [1.807, 2.05) is 57.2 Å². The van der Waals surface area contributed by atoms with Crippen LogP contribution in [0.4, 0.5) is 0 Å². The van der Waals surface area contributed by atoms with Gasteiger partial charge in [-0.2, -0.15) is 0 Å². The Bertz CT molecular complexity index is 1270.